The quantitative estimate of drug-likeness (QED) is 0.195. The maximum Gasteiger partial charge on any atom is 0.306 e. The molecule has 0 bridgehead atoms. The molecule has 0 atom stereocenters. The highest BCUT2D eigenvalue weighted by Gasteiger charge is 2.34. The molecule has 5 aromatic rings. The molecule has 0 N–H and O–H groups in total. The van der Waals surface area contributed by atoms with Crippen molar-refractivity contribution in [1.29, 1.82) is 0 Å². The van der Waals surface area contributed by atoms with Gasteiger partial charge in [-0.1, -0.05) is 30.3 Å². The molecule has 0 unspecified atom stereocenters. The predicted molar refractivity (Wildman–Crippen MR) is 159 cm³/mol. The van der Waals surface area contributed by atoms with Crippen molar-refractivity contribution in [2.24, 2.45) is 0 Å². The van der Waals surface area contributed by atoms with E-state index in [1.54, 1.807) is 75.4 Å². The monoisotopic (exact) mass is 586 g/mol. The van der Waals surface area contributed by atoms with Crippen LogP contribution >= 0.6 is 0 Å². The Labute approximate surface area is 243 Å². The van der Waals surface area contributed by atoms with Crippen LogP contribution in [0.15, 0.2) is 94.4 Å². The molecule has 3 aromatic carbocycles. The smallest absolute Gasteiger partial charge is 0.306 e. The molecule has 5 rings (SSSR count). The largest absolute Gasteiger partial charge is 0.497 e. The van der Waals surface area contributed by atoms with E-state index in [0.717, 1.165) is 9.87 Å². The highest BCUT2D eigenvalue weighted by Crippen LogP contribution is 2.33. The normalized spacial score (nSPS) is 11.9. The molecular weight excluding hydrogens is 556 g/mol. The zero-order chi connectivity index (χ0) is 30.1. The number of methoxy groups -OCH3 is 1. The van der Waals surface area contributed by atoms with Crippen molar-refractivity contribution >= 4 is 49.6 Å². The fraction of sp³-hybridized carbons (Fsp3) is 0.219. The zero-order valence-corrected chi connectivity index (χ0v) is 24.5. The summed E-state index contributed by atoms with van der Waals surface area (Å²) in [5.74, 6) is -0.603. The number of pyridine rings is 1. The standard InChI is InChI=1S/C32H30N2O7S/c1-32(2,3)41-28(35)18-11-21-9-16-24(17-10-21)42(37,38)34(22-12-14-23(39-4)15-13-22)31(36)29-25-7-5-6-8-27(25)33-30-26(29)19-20-40-30/h5-10,12-17,19-20H,11,18H2,1-4H3. The summed E-state index contributed by atoms with van der Waals surface area (Å²) in [5.41, 5.74) is 1.16. The number of carbonyl (C=O) groups is 2. The Morgan fingerprint density at radius 2 is 1.60 bits per heavy atom. The first-order chi connectivity index (χ1) is 20.0. The van der Waals surface area contributed by atoms with E-state index < -0.39 is 21.5 Å². The first-order valence-electron chi connectivity index (χ1n) is 13.3. The Morgan fingerprint density at radius 1 is 0.905 bits per heavy atom. The molecule has 0 saturated heterocycles. The van der Waals surface area contributed by atoms with Gasteiger partial charge in [0.15, 0.2) is 0 Å². The number of carbonyl (C=O) groups excluding carboxylic acids is 2. The maximum atomic E-state index is 14.4. The fourth-order valence-corrected chi connectivity index (χ4v) is 6.00. The van der Waals surface area contributed by atoms with Crippen molar-refractivity contribution in [2.45, 2.75) is 44.1 Å². The van der Waals surface area contributed by atoms with Crippen molar-refractivity contribution in [3.8, 4) is 5.75 Å². The van der Waals surface area contributed by atoms with Gasteiger partial charge in [0.25, 0.3) is 15.9 Å². The Balaban J connectivity index is 1.56. The molecule has 42 heavy (non-hydrogen) atoms. The molecule has 0 aliphatic heterocycles. The summed E-state index contributed by atoms with van der Waals surface area (Å²) < 4.78 is 45.3. The van der Waals surface area contributed by atoms with Crippen molar-refractivity contribution < 1.29 is 31.9 Å². The Hall–Kier alpha value is -4.70. The third kappa shape index (κ3) is 5.84. The van der Waals surface area contributed by atoms with Gasteiger partial charge >= 0.3 is 5.97 Å². The van der Waals surface area contributed by atoms with Gasteiger partial charge in [-0.2, -0.15) is 4.31 Å². The minimum atomic E-state index is -4.41. The van der Waals surface area contributed by atoms with Crippen LogP contribution in [0.3, 0.4) is 0 Å². The average Bonchev–Trinajstić information content (AvgIpc) is 3.42. The second-order valence-corrected chi connectivity index (χ2v) is 12.4. The number of para-hydroxylation sites is 1. The predicted octanol–water partition coefficient (Wildman–Crippen LogP) is 6.30. The second kappa shape index (κ2) is 11.3. The highest BCUT2D eigenvalue weighted by molar-refractivity contribution is 7.93. The lowest BCUT2D eigenvalue weighted by Gasteiger charge is -2.24. The molecule has 2 heterocycles. The highest BCUT2D eigenvalue weighted by atomic mass is 32.2. The molecule has 0 spiro atoms. The number of ether oxygens (including phenoxy) is 2. The van der Waals surface area contributed by atoms with Crippen molar-refractivity contribution in [2.75, 3.05) is 11.4 Å². The molecule has 0 radical (unpaired) electrons. The van der Waals surface area contributed by atoms with Gasteiger partial charge in [-0.3, -0.25) is 9.59 Å². The topological polar surface area (TPSA) is 116 Å². The van der Waals surface area contributed by atoms with Gasteiger partial charge in [-0.05, 0) is 81.3 Å². The van der Waals surface area contributed by atoms with Gasteiger partial charge in [-0.15, -0.1) is 0 Å². The van der Waals surface area contributed by atoms with Crippen LogP contribution in [-0.4, -0.2) is 38.0 Å². The number of anilines is 1. The summed E-state index contributed by atoms with van der Waals surface area (Å²) in [5, 5.41) is 0.882. The van der Waals surface area contributed by atoms with Gasteiger partial charge in [0.2, 0.25) is 5.71 Å². The molecule has 9 nitrogen and oxygen atoms in total. The molecule has 0 saturated carbocycles. The first-order valence-corrected chi connectivity index (χ1v) is 14.7. The van der Waals surface area contributed by atoms with E-state index in [0.29, 0.717) is 28.5 Å². The van der Waals surface area contributed by atoms with E-state index in [1.165, 1.54) is 37.6 Å². The Kier molecular flexibility index (Phi) is 7.74. The lowest BCUT2D eigenvalue weighted by molar-refractivity contribution is -0.154. The number of hydrogen-bond acceptors (Lipinski definition) is 8. The van der Waals surface area contributed by atoms with Crippen molar-refractivity contribution in [3.63, 3.8) is 0 Å². The third-order valence-electron chi connectivity index (χ3n) is 6.51. The molecule has 2 aromatic heterocycles. The van der Waals surface area contributed by atoms with Crippen LogP contribution in [0.1, 0.15) is 43.1 Å². The minimum Gasteiger partial charge on any atom is -0.497 e. The number of aryl methyl sites for hydroxylation is 1. The molecular formula is C32H30N2O7S. The van der Waals surface area contributed by atoms with Gasteiger partial charge in [0.1, 0.15) is 11.4 Å². The molecule has 216 valence electrons. The minimum absolute atomic E-state index is 0.0884. The SMILES string of the molecule is COc1ccc(N(C(=O)c2c3ccccc3nc3occc23)S(=O)(=O)c2ccc(CCC(=O)OC(C)(C)C)cc2)cc1. The van der Waals surface area contributed by atoms with E-state index in [1.807, 2.05) is 0 Å². The molecule has 10 heteroatoms. The van der Waals surface area contributed by atoms with Crippen LogP contribution in [0.5, 0.6) is 5.75 Å². The van der Waals surface area contributed by atoms with Crippen molar-refractivity contribution in [3.05, 3.63) is 96.3 Å². The van der Waals surface area contributed by atoms with Crippen LogP contribution < -0.4 is 9.04 Å². The summed E-state index contributed by atoms with van der Waals surface area (Å²) in [6.45, 7) is 5.40. The zero-order valence-electron chi connectivity index (χ0n) is 23.7. The van der Waals surface area contributed by atoms with Gasteiger partial charge < -0.3 is 13.9 Å². The summed E-state index contributed by atoms with van der Waals surface area (Å²) in [7, 11) is -2.92. The van der Waals surface area contributed by atoms with E-state index >= 15 is 0 Å². The van der Waals surface area contributed by atoms with Crippen molar-refractivity contribution in [1.82, 2.24) is 4.98 Å². The van der Waals surface area contributed by atoms with Gasteiger partial charge in [-0.25, -0.2) is 13.4 Å². The Bertz CT molecular complexity index is 1870. The number of aromatic nitrogens is 1. The lowest BCUT2D eigenvalue weighted by atomic mass is 10.0. The van der Waals surface area contributed by atoms with E-state index in [9.17, 15) is 18.0 Å². The number of rotatable bonds is 8. The molecule has 0 fully saturated rings. The molecule has 1 amide bonds. The maximum absolute atomic E-state index is 14.4. The van der Waals surface area contributed by atoms with Crippen LogP contribution in [0.4, 0.5) is 5.69 Å². The fourth-order valence-electron chi connectivity index (χ4n) is 4.60. The summed E-state index contributed by atoms with van der Waals surface area (Å²) >= 11 is 0. The van der Waals surface area contributed by atoms with Gasteiger partial charge in [0, 0.05) is 11.8 Å². The van der Waals surface area contributed by atoms with Crippen LogP contribution in [0.25, 0.3) is 22.0 Å². The van der Waals surface area contributed by atoms with E-state index in [2.05, 4.69) is 4.98 Å². The Morgan fingerprint density at radius 3 is 2.26 bits per heavy atom. The van der Waals surface area contributed by atoms with Gasteiger partial charge in [0.05, 0.1) is 40.4 Å². The number of nitrogens with zero attached hydrogens (tertiary/aromatic N) is 2. The number of sulfonamides is 1. The van der Waals surface area contributed by atoms with E-state index in [-0.39, 0.29) is 34.2 Å². The number of esters is 1. The number of furan rings is 1. The first kappa shape index (κ1) is 28.8. The third-order valence-corrected chi connectivity index (χ3v) is 8.24. The number of benzene rings is 3. The molecule has 0 aliphatic rings. The van der Waals surface area contributed by atoms with Crippen LogP contribution in [-0.2, 0) is 26.0 Å². The average molecular weight is 587 g/mol. The summed E-state index contributed by atoms with van der Waals surface area (Å²) in [4.78, 5) is 30.9. The van der Waals surface area contributed by atoms with E-state index in [4.69, 9.17) is 13.9 Å². The second-order valence-electron chi connectivity index (χ2n) is 10.6. The van der Waals surface area contributed by atoms with Crippen LogP contribution in [0.2, 0.25) is 0 Å². The number of hydrogen-bond donors (Lipinski definition) is 0. The summed E-state index contributed by atoms with van der Waals surface area (Å²) in [6.07, 6.45) is 1.93. The number of amides is 1. The summed E-state index contributed by atoms with van der Waals surface area (Å²) in [6, 6.07) is 20.9. The number of fused-ring (bicyclic) bond motifs is 2. The van der Waals surface area contributed by atoms with Crippen LogP contribution in [0, 0.1) is 0 Å². The lowest BCUT2D eigenvalue weighted by Crippen LogP contribution is -2.37. The molecule has 0 aliphatic carbocycles.